The Morgan fingerprint density at radius 3 is 2.67 bits per heavy atom. The molecular weight excluding hydrogens is 383 g/mol. The van der Waals surface area contributed by atoms with Gasteiger partial charge in [-0.2, -0.15) is 5.10 Å². The molecule has 0 aliphatic heterocycles. The lowest BCUT2D eigenvalue weighted by atomic mass is 10.1. The Kier molecular flexibility index (Phi) is 5.29. The monoisotopic (exact) mass is 396 g/mol. The van der Waals surface area contributed by atoms with Crippen molar-refractivity contribution >= 4 is 34.7 Å². The minimum atomic E-state index is -1.28. The Balaban J connectivity index is 2.01. The maximum absolute atomic E-state index is 11.7. The van der Waals surface area contributed by atoms with E-state index >= 15 is 0 Å². The fourth-order valence-corrected chi connectivity index (χ4v) is 2.16. The van der Waals surface area contributed by atoms with Crippen LogP contribution in [0.25, 0.3) is 0 Å². The van der Waals surface area contributed by atoms with E-state index < -0.39 is 12.0 Å². The minimum Gasteiger partial charge on any atom is -0.507 e. The van der Waals surface area contributed by atoms with Gasteiger partial charge in [0.25, 0.3) is 5.91 Å². The summed E-state index contributed by atoms with van der Waals surface area (Å²) >= 11 is 2.11. The van der Waals surface area contributed by atoms with Crippen LogP contribution in [-0.4, -0.2) is 22.3 Å². The first kappa shape index (κ1) is 15.5. The zero-order valence-electron chi connectivity index (χ0n) is 10.9. The number of phenols is 1. The first-order chi connectivity index (χ1) is 10.1. The van der Waals surface area contributed by atoms with E-state index in [1.807, 2.05) is 0 Å². The second-order valence-electron chi connectivity index (χ2n) is 4.25. The first-order valence-corrected chi connectivity index (χ1v) is 7.20. The number of amides is 1. The molecule has 0 heterocycles. The molecule has 21 heavy (non-hydrogen) atoms. The molecule has 108 valence electrons. The summed E-state index contributed by atoms with van der Waals surface area (Å²) in [5, 5.41) is 23.2. The van der Waals surface area contributed by atoms with Gasteiger partial charge in [-0.15, -0.1) is 0 Å². The Morgan fingerprint density at radius 1 is 1.24 bits per heavy atom. The lowest BCUT2D eigenvalue weighted by molar-refractivity contribution is -0.129. The van der Waals surface area contributed by atoms with Gasteiger partial charge in [0.1, 0.15) is 5.75 Å². The predicted molar refractivity (Wildman–Crippen MR) is 88.0 cm³/mol. The largest absolute Gasteiger partial charge is 0.507 e. The molecule has 1 amide bonds. The highest BCUT2D eigenvalue weighted by Crippen LogP contribution is 2.17. The summed E-state index contributed by atoms with van der Waals surface area (Å²) in [5.41, 5.74) is 3.21. The SMILES string of the molecule is O=C(N/N=C\c1cc(I)ccc1O)[C@@H](O)c1ccccc1. The average Bonchev–Trinajstić information content (AvgIpc) is 2.50. The van der Waals surface area contributed by atoms with Crippen molar-refractivity contribution in [1.29, 1.82) is 0 Å². The van der Waals surface area contributed by atoms with Crippen molar-refractivity contribution in [3.8, 4) is 5.75 Å². The van der Waals surface area contributed by atoms with Crippen LogP contribution in [0.4, 0.5) is 0 Å². The number of hydrogen-bond donors (Lipinski definition) is 3. The molecule has 0 radical (unpaired) electrons. The molecule has 0 fully saturated rings. The molecule has 2 aromatic rings. The normalized spacial score (nSPS) is 12.3. The molecule has 0 spiro atoms. The molecule has 0 aliphatic carbocycles. The van der Waals surface area contributed by atoms with E-state index in [9.17, 15) is 15.0 Å². The van der Waals surface area contributed by atoms with E-state index in [0.29, 0.717) is 11.1 Å². The van der Waals surface area contributed by atoms with E-state index in [0.717, 1.165) is 3.57 Å². The van der Waals surface area contributed by atoms with E-state index in [1.165, 1.54) is 6.21 Å². The molecule has 0 bridgehead atoms. The van der Waals surface area contributed by atoms with Gasteiger partial charge < -0.3 is 10.2 Å². The molecule has 5 nitrogen and oxygen atoms in total. The van der Waals surface area contributed by atoms with Crippen molar-refractivity contribution in [2.75, 3.05) is 0 Å². The van der Waals surface area contributed by atoms with Gasteiger partial charge in [-0.25, -0.2) is 5.43 Å². The third-order valence-electron chi connectivity index (χ3n) is 2.73. The molecule has 0 aliphatic rings. The summed E-state index contributed by atoms with van der Waals surface area (Å²) in [7, 11) is 0. The van der Waals surface area contributed by atoms with E-state index in [-0.39, 0.29) is 5.75 Å². The number of carbonyl (C=O) groups is 1. The highest BCUT2D eigenvalue weighted by Gasteiger charge is 2.15. The van der Waals surface area contributed by atoms with Crippen LogP contribution in [0.2, 0.25) is 0 Å². The van der Waals surface area contributed by atoms with Gasteiger partial charge in [0.15, 0.2) is 6.10 Å². The third kappa shape index (κ3) is 4.27. The molecule has 3 N–H and O–H groups in total. The number of rotatable bonds is 4. The molecule has 0 unspecified atom stereocenters. The van der Waals surface area contributed by atoms with Gasteiger partial charge in [0, 0.05) is 9.13 Å². The van der Waals surface area contributed by atoms with Crippen molar-refractivity contribution in [3.63, 3.8) is 0 Å². The van der Waals surface area contributed by atoms with E-state index in [2.05, 4.69) is 33.1 Å². The van der Waals surface area contributed by atoms with Crippen LogP contribution >= 0.6 is 22.6 Å². The summed E-state index contributed by atoms with van der Waals surface area (Å²) in [6.45, 7) is 0. The molecule has 0 aromatic heterocycles. The van der Waals surface area contributed by atoms with E-state index in [4.69, 9.17) is 0 Å². The number of aliphatic hydroxyl groups is 1. The highest BCUT2D eigenvalue weighted by molar-refractivity contribution is 14.1. The number of nitrogens with one attached hydrogen (secondary N) is 1. The van der Waals surface area contributed by atoms with Crippen molar-refractivity contribution in [3.05, 3.63) is 63.2 Å². The molecular formula is C15H13IN2O3. The predicted octanol–water partition coefficient (Wildman–Crippen LogP) is 2.18. The molecule has 2 rings (SSSR count). The molecule has 1 atom stereocenters. The van der Waals surface area contributed by atoms with Gasteiger partial charge in [-0.05, 0) is 46.4 Å². The second-order valence-corrected chi connectivity index (χ2v) is 5.50. The standard InChI is InChI=1S/C15H13IN2O3/c16-12-6-7-13(19)11(8-12)9-17-18-15(21)14(20)10-4-2-1-3-5-10/h1-9,14,19-20H,(H,18,21)/b17-9-/t14-/m0/s1. The lowest BCUT2D eigenvalue weighted by Crippen LogP contribution is -2.25. The van der Waals surface area contributed by atoms with Crippen LogP contribution in [0.3, 0.4) is 0 Å². The maximum atomic E-state index is 11.7. The highest BCUT2D eigenvalue weighted by atomic mass is 127. The summed E-state index contributed by atoms with van der Waals surface area (Å²) in [4.78, 5) is 11.7. The minimum absolute atomic E-state index is 0.0667. The Hall–Kier alpha value is -1.93. The number of aromatic hydroxyl groups is 1. The Morgan fingerprint density at radius 2 is 1.95 bits per heavy atom. The number of phenolic OH excluding ortho intramolecular Hbond substituents is 1. The topological polar surface area (TPSA) is 81.9 Å². The second kappa shape index (κ2) is 7.19. The Labute approximate surface area is 135 Å². The van der Waals surface area contributed by atoms with Gasteiger partial charge in [-0.3, -0.25) is 4.79 Å². The number of halogens is 1. The van der Waals surface area contributed by atoms with Crippen LogP contribution < -0.4 is 5.43 Å². The van der Waals surface area contributed by atoms with Crippen LogP contribution in [0.1, 0.15) is 17.2 Å². The number of carbonyl (C=O) groups excluding carboxylic acids is 1. The van der Waals surface area contributed by atoms with Crippen molar-refractivity contribution in [1.82, 2.24) is 5.43 Å². The van der Waals surface area contributed by atoms with Crippen LogP contribution in [0, 0.1) is 3.57 Å². The van der Waals surface area contributed by atoms with Crippen molar-refractivity contribution < 1.29 is 15.0 Å². The van der Waals surface area contributed by atoms with E-state index in [1.54, 1.807) is 48.5 Å². The molecule has 6 heteroatoms. The number of hydrogen-bond acceptors (Lipinski definition) is 4. The summed E-state index contributed by atoms with van der Waals surface area (Å²) in [5.74, 6) is -0.570. The van der Waals surface area contributed by atoms with Crippen molar-refractivity contribution in [2.45, 2.75) is 6.10 Å². The Bertz CT molecular complexity index is 659. The van der Waals surface area contributed by atoms with Gasteiger partial charge in [-0.1, -0.05) is 30.3 Å². The summed E-state index contributed by atoms with van der Waals surface area (Å²) in [6.07, 6.45) is 0.0421. The average molecular weight is 396 g/mol. The fourth-order valence-electron chi connectivity index (χ4n) is 1.64. The number of nitrogens with zero attached hydrogens (tertiary/aromatic N) is 1. The molecule has 0 saturated heterocycles. The van der Waals surface area contributed by atoms with Gasteiger partial charge in [0.05, 0.1) is 6.21 Å². The fraction of sp³-hybridized carbons (Fsp3) is 0.0667. The van der Waals surface area contributed by atoms with Crippen LogP contribution in [-0.2, 0) is 4.79 Å². The third-order valence-corrected chi connectivity index (χ3v) is 3.40. The number of aliphatic hydroxyl groups excluding tert-OH is 1. The molecule has 0 saturated carbocycles. The number of hydrazone groups is 1. The quantitative estimate of drug-likeness (QED) is 0.421. The van der Waals surface area contributed by atoms with Gasteiger partial charge in [0.2, 0.25) is 0 Å². The zero-order valence-corrected chi connectivity index (χ0v) is 13.1. The van der Waals surface area contributed by atoms with Crippen LogP contribution in [0.15, 0.2) is 53.6 Å². The van der Waals surface area contributed by atoms with Crippen LogP contribution in [0.5, 0.6) is 5.75 Å². The van der Waals surface area contributed by atoms with Gasteiger partial charge >= 0.3 is 0 Å². The number of benzene rings is 2. The maximum Gasteiger partial charge on any atom is 0.273 e. The zero-order chi connectivity index (χ0) is 15.2. The summed E-state index contributed by atoms with van der Waals surface area (Å²) in [6, 6.07) is 13.6. The first-order valence-electron chi connectivity index (χ1n) is 6.12. The van der Waals surface area contributed by atoms with Crippen molar-refractivity contribution in [2.24, 2.45) is 5.10 Å². The smallest absolute Gasteiger partial charge is 0.273 e. The molecule has 2 aromatic carbocycles. The summed E-state index contributed by atoms with van der Waals surface area (Å²) < 4.78 is 0.933. The lowest BCUT2D eigenvalue weighted by Gasteiger charge is -2.08.